The Balaban J connectivity index is 1.81. The van der Waals surface area contributed by atoms with Gasteiger partial charge < -0.3 is 10.5 Å². The Labute approximate surface area is 123 Å². The molecule has 3 nitrogen and oxygen atoms in total. The number of hydrogen-bond donors (Lipinski definition) is 1. The Hall–Kier alpha value is -1.06. The third-order valence-corrected chi connectivity index (χ3v) is 4.09. The van der Waals surface area contributed by atoms with Crippen LogP contribution in [0, 0.1) is 13.8 Å². The molecule has 0 amide bonds. The van der Waals surface area contributed by atoms with Crippen LogP contribution in [-0.2, 0) is 0 Å². The van der Waals surface area contributed by atoms with Crippen molar-refractivity contribution in [2.24, 2.45) is 5.73 Å². The van der Waals surface area contributed by atoms with Crippen LogP contribution >= 0.6 is 0 Å². The van der Waals surface area contributed by atoms with Crippen LogP contribution in [0.15, 0.2) is 18.2 Å². The Morgan fingerprint density at radius 1 is 1.20 bits per heavy atom. The van der Waals surface area contributed by atoms with E-state index in [2.05, 4.69) is 36.9 Å². The third-order valence-electron chi connectivity index (χ3n) is 4.09. The second kappa shape index (κ2) is 7.65. The molecule has 20 heavy (non-hydrogen) atoms. The van der Waals surface area contributed by atoms with E-state index in [-0.39, 0.29) is 0 Å². The number of rotatable bonds is 6. The van der Waals surface area contributed by atoms with E-state index in [1.165, 1.54) is 36.9 Å². The van der Waals surface area contributed by atoms with E-state index in [1.807, 2.05) is 0 Å². The molecule has 1 aliphatic heterocycles. The lowest BCUT2D eigenvalue weighted by Gasteiger charge is -2.35. The van der Waals surface area contributed by atoms with E-state index >= 15 is 0 Å². The number of benzene rings is 1. The summed E-state index contributed by atoms with van der Waals surface area (Å²) in [7, 11) is 0. The zero-order valence-electron chi connectivity index (χ0n) is 12.9. The summed E-state index contributed by atoms with van der Waals surface area (Å²) in [6.07, 6.45) is 5.06. The van der Waals surface area contributed by atoms with Gasteiger partial charge in [-0.2, -0.15) is 0 Å². The first kappa shape index (κ1) is 15.3. The summed E-state index contributed by atoms with van der Waals surface area (Å²) >= 11 is 0. The average molecular weight is 276 g/mol. The van der Waals surface area contributed by atoms with Crippen molar-refractivity contribution in [1.29, 1.82) is 0 Å². The summed E-state index contributed by atoms with van der Waals surface area (Å²) in [5.74, 6) is 0.995. The first-order chi connectivity index (χ1) is 9.69. The average Bonchev–Trinajstić information content (AvgIpc) is 2.40. The minimum Gasteiger partial charge on any atom is -0.492 e. The molecular formula is C17H28N2O. The molecule has 3 heteroatoms. The molecule has 2 rings (SSSR count). The van der Waals surface area contributed by atoms with Gasteiger partial charge in [0.2, 0.25) is 0 Å². The number of nitrogens with two attached hydrogens (primary N) is 1. The largest absolute Gasteiger partial charge is 0.492 e. The van der Waals surface area contributed by atoms with Gasteiger partial charge in [0.25, 0.3) is 0 Å². The Kier molecular flexibility index (Phi) is 5.86. The fourth-order valence-corrected chi connectivity index (χ4v) is 3.17. The van der Waals surface area contributed by atoms with Crippen molar-refractivity contribution in [3.05, 3.63) is 29.3 Å². The van der Waals surface area contributed by atoms with E-state index in [0.717, 1.165) is 31.9 Å². The molecule has 1 heterocycles. The predicted molar refractivity (Wildman–Crippen MR) is 84.3 cm³/mol. The van der Waals surface area contributed by atoms with Crippen LogP contribution in [-0.4, -0.2) is 37.2 Å². The van der Waals surface area contributed by atoms with Gasteiger partial charge in [-0.15, -0.1) is 0 Å². The van der Waals surface area contributed by atoms with Gasteiger partial charge in [0.1, 0.15) is 12.4 Å². The minimum absolute atomic E-state index is 0.664. The fourth-order valence-electron chi connectivity index (χ4n) is 3.17. The minimum atomic E-state index is 0.664. The van der Waals surface area contributed by atoms with E-state index in [1.54, 1.807) is 0 Å². The lowest BCUT2D eigenvalue weighted by Crippen LogP contribution is -2.42. The first-order valence-electron chi connectivity index (χ1n) is 7.84. The molecule has 1 atom stereocenters. The van der Waals surface area contributed by atoms with Crippen molar-refractivity contribution in [3.63, 3.8) is 0 Å². The fraction of sp³-hybridized carbons (Fsp3) is 0.647. The van der Waals surface area contributed by atoms with Gasteiger partial charge in [0.05, 0.1) is 0 Å². The molecule has 1 saturated heterocycles. The number of hydrogen-bond acceptors (Lipinski definition) is 3. The molecule has 0 spiro atoms. The molecule has 1 aromatic carbocycles. The maximum atomic E-state index is 5.92. The molecule has 0 radical (unpaired) electrons. The van der Waals surface area contributed by atoms with Gasteiger partial charge >= 0.3 is 0 Å². The zero-order valence-corrected chi connectivity index (χ0v) is 12.9. The van der Waals surface area contributed by atoms with E-state index in [9.17, 15) is 0 Å². The van der Waals surface area contributed by atoms with E-state index in [4.69, 9.17) is 10.5 Å². The number of piperidine rings is 1. The van der Waals surface area contributed by atoms with Crippen molar-refractivity contribution in [3.8, 4) is 5.75 Å². The molecule has 1 unspecified atom stereocenters. The van der Waals surface area contributed by atoms with Crippen LogP contribution < -0.4 is 10.5 Å². The quantitative estimate of drug-likeness (QED) is 0.868. The highest BCUT2D eigenvalue weighted by Crippen LogP contribution is 2.20. The summed E-state index contributed by atoms with van der Waals surface area (Å²) in [5, 5.41) is 0. The van der Waals surface area contributed by atoms with Crippen molar-refractivity contribution >= 4 is 0 Å². The number of nitrogens with zero attached hydrogens (tertiary/aromatic N) is 1. The molecule has 112 valence electrons. The maximum absolute atomic E-state index is 5.92. The first-order valence-corrected chi connectivity index (χ1v) is 7.84. The summed E-state index contributed by atoms with van der Waals surface area (Å²) in [6.45, 7) is 7.99. The maximum Gasteiger partial charge on any atom is 0.119 e. The van der Waals surface area contributed by atoms with Gasteiger partial charge in [0.15, 0.2) is 0 Å². The summed E-state index contributed by atoms with van der Waals surface area (Å²) in [4.78, 5) is 2.55. The molecule has 0 aliphatic carbocycles. The van der Waals surface area contributed by atoms with Crippen molar-refractivity contribution < 1.29 is 4.74 Å². The van der Waals surface area contributed by atoms with Crippen molar-refractivity contribution in [1.82, 2.24) is 4.90 Å². The molecule has 0 bridgehead atoms. The van der Waals surface area contributed by atoms with Crippen LogP contribution in [0.5, 0.6) is 5.75 Å². The molecule has 1 aliphatic rings. The zero-order chi connectivity index (χ0) is 14.4. The highest BCUT2D eigenvalue weighted by Gasteiger charge is 2.21. The monoisotopic (exact) mass is 276 g/mol. The third kappa shape index (κ3) is 4.50. The van der Waals surface area contributed by atoms with Crippen LogP contribution in [0.4, 0.5) is 0 Å². The molecule has 1 fully saturated rings. The van der Waals surface area contributed by atoms with Crippen molar-refractivity contribution in [2.45, 2.75) is 45.6 Å². The van der Waals surface area contributed by atoms with Crippen LogP contribution in [0.1, 0.15) is 36.8 Å². The van der Waals surface area contributed by atoms with Crippen LogP contribution in [0.2, 0.25) is 0 Å². The van der Waals surface area contributed by atoms with E-state index < -0.39 is 0 Å². The second-order valence-electron chi connectivity index (χ2n) is 5.93. The standard InChI is InChI=1S/C17H28N2O/c1-14-11-15(2)13-17(12-14)20-10-9-19-8-4-3-5-16(19)6-7-18/h11-13,16H,3-10,18H2,1-2H3. The Bertz CT molecular complexity index is 397. The molecule has 0 aromatic heterocycles. The normalized spacial score (nSPS) is 20.1. The molecule has 0 saturated carbocycles. The Morgan fingerprint density at radius 2 is 1.95 bits per heavy atom. The van der Waals surface area contributed by atoms with Crippen LogP contribution in [0.25, 0.3) is 0 Å². The highest BCUT2D eigenvalue weighted by molar-refractivity contribution is 5.32. The number of ether oxygens (including phenoxy) is 1. The second-order valence-corrected chi connectivity index (χ2v) is 5.93. The van der Waals surface area contributed by atoms with Crippen molar-refractivity contribution in [2.75, 3.05) is 26.2 Å². The van der Waals surface area contributed by atoms with E-state index in [0.29, 0.717) is 6.04 Å². The van der Waals surface area contributed by atoms with Gasteiger partial charge in [-0.25, -0.2) is 0 Å². The van der Waals surface area contributed by atoms with Gasteiger partial charge in [-0.05, 0) is 69.5 Å². The Morgan fingerprint density at radius 3 is 2.65 bits per heavy atom. The highest BCUT2D eigenvalue weighted by atomic mass is 16.5. The molecule has 2 N–H and O–H groups in total. The summed E-state index contributed by atoms with van der Waals surface area (Å²) in [6, 6.07) is 7.06. The lowest BCUT2D eigenvalue weighted by atomic mass is 9.99. The van der Waals surface area contributed by atoms with Gasteiger partial charge in [-0.1, -0.05) is 12.5 Å². The number of likely N-dealkylation sites (tertiary alicyclic amines) is 1. The summed E-state index contributed by atoms with van der Waals surface area (Å²) < 4.78 is 5.92. The van der Waals surface area contributed by atoms with Crippen LogP contribution in [0.3, 0.4) is 0 Å². The van der Waals surface area contributed by atoms with Gasteiger partial charge in [-0.3, -0.25) is 4.90 Å². The van der Waals surface area contributed by atoms with Gasteiger partial charge in [0, 0.05) is 12.6 Å². The topological polar surface area (TPSA) is 38.5 Å². The molecule has 1 aromatic rings. The number of aryl methyl sites for hydroxylation is 2. The lowest BCUT2D eigenvalue weighted by molar-refractivity contribution is 0.118. The SMILES string of the molecule is Cc1cc(C)cc(OCCN2CCCCC2CCN)c1. The smallest absolute Gasteiger partial charge is 0.119 e. The molecular weight excluding hydrogens is 248 g/mol. The predicted octanol–water partition coefficient (Wildman–Crippen LogP) is 2.89. The summed E-state index contributed by atoms with van der Waals surface area (Å²) in [5.41, 5.74) is 8.24.